The van der Waals surface area contributed by atoms with Crippen molar-refractivity contribution in [1.82, 2.24) is 15.1 Å². The highest BCUT2D eigenvalue weighted by Crippen LogP contribution is 2.03. The molecule has 6 heteroatoms. The number of hydrogen-bond acceptors (Lipinski definition) is 6. The summed E-state index contributed by atoms with van der Waals surface area (Å²) in [6.07, 6.45) is 0. The van der Waals surface area contributed by atoms with Gasteiger partial charge in [-0.15, -0.1) is 10.2 Å². The number of likely N-dealkylation sites (N-methyl/N-ethyl adjacent to an activating group) is 1. The molecule has 0 aliphatic heterocycles. The maximum atomic E-state index is 5.20. The minimum Gasteiger partial charge on any atom is -0.367 e. The molecule has 0 radical (unpaired) electrons. The molecule has 0 aliphatic rings. The average Bonchev–Trinajstić information content (AvgIpc) is 2.35. The Balaban J connectivity index is 2.31. The highest BCUT2D eigenvalue weighted by atomic mass is 15.3. The van der Waals surface area contributed by atoms with E-state index in [1.54, 1.807) is 6.07 Å². The Morgan fingerprint density at radius 1 is 1.19 bits per heavy atom. The van der Waals surface area contributed by atoms with Crippen LogP contribution in [0.1, 0.15) is 13.8 Å². The quantitative estimate of drug-likeness (QED) is 0.463. The van der Waals surface area contributed by atoms with Gasteiger partial charge >= 0.3 is 0 Å². The van der Waals surface area contributed by atoms with Crippen molar-refractivity contribution in [2.24, 2.45) is 5.84 Å². The fourth-order valence-corrected chi connectivity index (χ4v) is 1.39. The number of hydrogen-bond donors (Lipinski definition) is 3. The molecule has 6 nitrogen and oxygen atoms in total. The van der Waals surface area contributed by atoms with E-state index in [-0.39, 0.29) is 0 Å². The first-order valence-electron chi connectivity index (χ1n) is 5.56. The number of anilines is 2. The minimum atomic E-state index is 0.564. The van der Waals surface area contributed by atoms with Crippen molar-refractivity contribution >= 4 is 11.6 Å². The van der Waals surface area contributed by atoms with Crippen LogP contribution in [0.3, 0.4) is 0 Å². The van der Waals surface area contributed by atoms with Gasteiger partial charge in [-0.25, -0.2) is 5.84 Å². The van der Waals surface area contributed by atoms with Gasteiger partial charge in [0.25, 0.3) is 0 Å². The Morgan fingerprint density at radius 3 is 2.31 bits per heavy atom. The van der Waals surface area contributed by atoms with Crippen LogP contribution in [0.25, 0.3) is 0 Å². The fraction of sp³-hybridized carbons (Fsp3) is 0.600. The van der Waals surface area contributed by atoms with E-state index < -0.39 is 0 Å². The monoisotopic (exact) mass is 224 g/mol. The maximum Gasteiger partial charge on any atom is 0.162 e. The van der Waals surface area contributed by atoms with Gasteiger partial charge in [-0.3, -0.25) is 0 Å². The summed E-state index contributed by atoms with van der Waals surface area (Å²) in [4.78, 5) is 2.34. The Morgan fingerprint density at radius 2 is 1.81 bits per heavy atom. The lowest BCUT2D eigenvalue weighted by molar-refractivity contribution is 0.316. The van der Waals surface area contributed by atoms with E-state index in [9.17, 15) is 0 Å². The minimum absolute atomic E-state index is 0.564. The van der Waals surface area contributed by atoms with Crippen molar-refractivity contribution in [3.8, 4) is 0 Å². The molecule has 0 unspecified atom stereocenters. The summed E-state index contributed by atoms with van der Waals surface area (Å²) in [5, 5.41) is 11.1. The number of nitrogens with one attached hydrogen (secondary N) is 2. The predicted octanol–water partition coefficient (Wildman–Crippen LogP) is 0.516. The van der Waals surface area contributed by atoms with Crippen LogP contribution in [0.15, 0.2) is 12.1 Å². The molecule has 1 aromatic heterocycles. The van der Waals surface area contributed by atoms with Crippen molar-refractivity contribution in [3.05, 3.63) is 12.1 Å². The Hall–Kier alpha value is -1.40. The number of nitrogens with two attached hydrogens (primary N) is 1. The summed E-state index contributed by atoms with van der Waals surface area (Å²) in [5.41, 5.74) is 2.44. The molecular formula is C10H20N6. The van der Waals surface area contributed by atoms with Crippen molar-refractivity contribution in [2.45, 2.75) is 13.8 Å². The van der Waals surface area contributed by atoms with Crippen LogP contribution in [0.5, 0.6) is 0 Å². The van der Waals surface area contributed by atoms with E-state index >= 15 is 0 Å². The molecular weight excluding hydrogens is 204 g/mol. The second kappa shape index (κ2) is 6.97. The number of aromatic nitrogens is 2. The zero-order chi connectivity index (χ0) is 11.8. The Kier molecular flexibility index (Phi) is 5.52. The Labute approximate surface area is 96.2 Å². The smallest absolute Gasteiger partial charge is 0.162 e. The summed E-state index contributed by atoms with van der Waals surface area (Å²) in [7, 11) is 0. The lowest BCUT2D eigenvalue weighted by atomic mass is 10.4. The number of nitrogen functional groups attached to an aromatic ring is 1. The molecule has 0 aromatic carbocycles. The summed E-state index contributed by atoms with van der Waals surface area (Å²) in [5.74, 6) is 6.53. The molecule has 0 spiro atoms. The highest BCUT2D eigenvalue weighted by molar-refractivity contribution is 5.40. The van der Waals surface area contributed by atoms with Crippen LogP contribution < -0.4 is 16.6 Å². The molecule has 1 rings (SSSR count). The van der Waals surface area contributed by atoms with Gasteiger partial charge in [-0.05, 0) is 25.2 Å². The van der Waals surface area contributed by atoms with Gasteiger partial charge in [0, 0.05) is 13.1 Å². The summed E-state index contributed by atoms with van der Waals surface area (Å²) < 4.78 is 0. The van der Waals surface area contributed by atoms with E-state index in [0.29, 0.717) is 5.82 Å². The third-order valence-corrected chi connectivity index (χ3v) is 2.44. The zero-order valence-corrected chi connectivity index (χ0v) is 9.90. The summed E-state index contributed by atoms with van der Waals surface area (Å²) >= 11 is 0. The van der Waals surface area contributed by atoms with E-state index in [2.05, 4.69) is 39.7 Å². The van der Waals surface area contributed by atoms with Crippen LogP contribution in [0.2, 0.25) is 0 Å². The predicted molar refractivity (Wildman–Crippen MR) is 66.1 cm³/mol. The molecule has 1 heterocycles. The number of hydrazine groups is 1. The second-order valence-electron chi connectivity index (χ2n) is 3.40. The van der Waals surface area contributed by atoms with Crippen LogP contribution in [0, 0.1) is 0 Å². The largest absolute Gasteiger partial charge is 0.367 e. The van der Waals surface area contributed by atoms with Gasteiger partial charge in [0.15, 0.2) is 5.82 Å². The van der Waals surface area contributed by atoms with Gasteiger partial charge in [0.05, 0.1) is 0 Å². The fourth-order valence-electron chi connectivity index (χ4n) is 1.39. The lowest BCUT2D eigenvalue weighted by Crippen LogP contribution is -2.28. The topological polar surface area (TPSA) is 79.1 Å². The van der Waals surface area contributed by atoms with Gasteiger partial charge in [-0.2, -0.15) is 0 Å². The van der Waals surface area contributed by atoms with Crippen LogP contribution in [0.4, 0.5) is 11.6 Å². The SMILES string of the molecule is CCN(CC)CCNc1ccc(NN)nn1. The maximum absolute atomic E-state index is 5.20. The third kappa shape index (κ3) is 4.00. The van der Waals surface area contributed by atoms with E-state index in [1.165, 1.54) is 0 Å². The molecule has 0 fully saturated rings. The van der Waals surface area contributed by atoms with Crippen molar-refractivity contribution in [1.29, 1.82) is 0 Å². The van der Waals surface area contributed by atoms with Crippen LogP contribution >= 0.6 is 0 Å². The number of nitrogens with zero attached hydrogens (tertiary/aromatic N) is 3. The van der Waals surface area contributed by atoms with E-state index in [1.807, 2.05) is 6.07 Å². The summed E-state index contributed by atoms with van der Waals surface area (Å²) in [6.45, 7) is 8.33. The van der Waals surface area contributed by atoms with Gasteiger partial charge in [0.1, 0.15) is 5.82 Å². The van der Waals surface area contributed by atoms with Crippen LogP contribution in [-0.4, -0.2) is 41.3 Å². The van der Waals surface area contributed by atoms with Gasteiger partial charge in [0.2, 0.25) is 0 Å². The van der Waals surface area contributed by atoms with Crippen molar-refractivity contribution in [2.75, 3.05) is 36.9 Å². The number of rotatable bonds is 7. The molecule has 90 valence electrons. The molecule has 0 atom stereocenters. The standard InChI is InChI=1S/C10H20N6/c1-3-16(4-2)8-7-12-9-5-6-10(13-11)15-14-9/h5-6H,3-4,7-8,11H2,1-2H3,(H,12,14)(H,13,15). The lowest BCUT2D eigenvalue weighted by Gasteiger charge is -2.17. The molecule has 0 saturated heterocycles. The van der Waals surface area contributed by atoms with Crippen molar-refractivity contribution < 1.29 is 0 Å². The molecule has 0 aliphatic carbocycles. The van der Waals surface area contributed by atoms with E-state index in [4.69, 9.17) is 5.84 Å². The molecule has 1 aromatic rings. The summed E-state index contributed by atoms with van der Waals surface area (Å²) in [6, 6.07) is 3.64. The second-order valence-corrected chi connectivity index (χ2v) is 3.40. The normalized spacial score (nSPS) is 10.5. The van der Waals surface area contributed by atoms with Gasteiger partial charge < -0.3 is 15.6 Å². The third-order valence-electron chi connectivity index (χ3n) is 2.44. The average molecular weight is 224 g/mol. The van der Waals surface area contributed by atoms with Crippen LogP contribution in [-0.2, 0) is 0 Å². The molecule has 0 amide bonds. The first-order valence-corrected chi connectivity index (χ1v) is 5.56. The zero-order valence-electron chi connectivity index (χ0n) is 9.90. The highest BCUT2D eigenvalue weighted by Gasteiger charge is 1.99. The molecule has 4 N–H and O–H groups in total. The first kappa shape index (κ1) is 12.7. The first-order chi connectivity index (χ1) is 7.80. The van der Waals surface area contributed by atoms with Crippen molar-refractivity contribution in [3.63, 3.8) is 0 Å². The molecule has 16 heavy (non-hydrogen) atoms. The van der Waals surface area contributed by atoms with E-state index in [0.717, 1.165) is 32.0 Å². The molecule has 0 saturated carbocycles. The Bertz CT molecular complexity index is 282. The molecule has 0 bridgehead atoms. The van der Waals surface area contributed by atoms with Gasteiger partial charge in [-0.1, -0.05) is 13.8 Å².